The summed E-state index contributed by atoms with van der Waals surface area (Å²) < 4.78 is 0. The van der Waals surface area contributed by atoms with Gasteiger partial charge in [0.05, 0.1) is 6.42 Å². The largest absolute Gasteiger partial charge is 0.361 e. The Labute approximate surface area is 176 Å². The molecule has 1 atom stereocenters. The van der Waals surface area contributed by atoms with Crippen molar-refractivity contribution in [2.75, 3.05) is 6.54 Å². The molecule has 30 heavy (non-hydrogen) atoms. The van der Waals surface area contributed by atoms with Crippen LogP contribution in [0.5, 0.6) is 0 Å². The Kier molecular flexibility index (Phi) is 6.35. The first-order valence-corrected chi connectivity index (χ1v) is 11.1. The summed E-state index contributed by atoms with van der Waals surface area (Å²) in [5.74, 6) is -0.467. The van der Waals surface area contributed by atoms with Crippen LogP contribution in [0.15, 0.2) is 30.5 Å². The maximum absolute atomic E-state index is 12.7. The van der Waals surface area contributed by atoms with Crippen LogP contribution in [0.3, 0.4) is 0 Å². The Morgan fingerprint density at radius 1 is 1.07 bits per heavy atom. The van der Waals surface area contributed by atoms with Crippen LogP contribution in [0.4, 0.5) is 4.79 Å². The molecule has 160 valence electrons. The minimum Gasteiger partial charge on any atom is -0.361 e. The zero-order valence-corrected chi connectivity index (χ0v) is 17.3. The lowest BCUT2D eigenvalue weighted by Gasteiger charge is -2.21. The molecule has 0 radical (unpaired) electrons. The summed E-state index contributed by atoms with van der Waals surface area (Å²) >= 11 is 0. The van der Waals surface area contributed by atoms with E-state index in [-0.39, 0.29) is 24.3 Å². The van der Waals surface area contributed by atoms with Gasteiger partial charge in [0, 0.05) is 29.7 Å². The second kappa shape index (κ2) is 9.32. The first-order valence-electron chi connectivity index (χ1n) is 11.1. The van der Waals surface area contributed by atoms with E-state index >= 15 is 0 Å². The number of aromatic nitrogens is 1. The summed E-state index contributed by atoms with van der Waals surface area (Å²) in [4.78, 5) is 42.0. The fraction of sp³-hybridized carbons (Fsp3) is 0.522. The number of hydrogen-bond donors (Lipinski definition) is 3. The number of carbonyl (C=O) groups excluding carboxylic acids is 3. The van der Waals surface area contributed by atoms with E-state index in [2.05, 4.69) is 15.6 Å². The van der Waals surface area contributed by atoms with Crippen LogP contribution in [0.1, 0.15) is 56.9 Å². The average molecular weight is 411 g/mol. The maximum Gasteiger partial charge on any atom is 0.324 e. The van der Waals surface area contributed by atoms with Gasteiger partial charge in [-0.05, 0) is 30.9 Å². The minimum absolute atomic E-state index is 0.00462. The highest BCUT2D eigenvalue weighted by Crippen LogP contribution is 2.20. The van der Waals surface area contributed by atoms with Gasteiger partial charge in [0.2, 0.25) is 5.91 Å². The molecule has 4 amide bonds. The van der Waals surface area contributed by atoms with Crippen LogP contribution < -0.4 is 10.6 Å². The SMILES string of the molecule is O=C(C[C@@H]1NC(=O)N(CCc2c[nH]c3ccccc23)C1=O)NC1CCCCCCC1. The van der Waals surface area contributed by atoms with Crippen molar-refractivity contribution in [1.29, 1.82) is 0 Å². The first-order chi connectivity index (χ1) is 14.6. The zero-order chi connectivity index (χ0) is 20.9. The fourth-order valence-electron chi connectivity index (χ4n) is 4.57. The zero-order valence-electron chi connectivity index (χ0n) is 17.3. The molecule has 2 aliphatic rings. The van der Waals surface area contributed by atoms with Crippen molar-refractivity contribution in [3.8, 4) is 0 Å². The van der Waals surface area contributed by atoms with E-state index in [9.17, 15) is 14.4 Å². The quantitative estimate of drug-likeness (QED) is 0.638. The van der Waals surface area contributed by atoms with Crippen molar-refractivity contribution >= 4 is 28.7 Å². The molecule has 7 nitrogen and oxygen atoms in total. The lowest BCUT2D eigenvalue weighted by molar-refractivity contribution is -0.131. The molecule has 1 saturated carbocycles. The molecule has 7 heteroatoms. The van der Waals surface area contributed by atoms with Crippen molar-refractivity contribution in [2.24, 2.45) is 0 Å². The first kappa shape index (κ1) is 20.4. The number of H-pyrrole nitrogens is 1. The van der Waals surface area contributed by atoms with Gasteiger partial charge < -0.3 is 15.6 Å². The number of para-hydroxylation sites is 1. The fourth-order valence-corrected chi connectivity index (χ4v) is 4.57. The van der Waals surface area contributed by atoms with Crippen LogP contribution in [-0.2, 0) is 16.0 Å². The van der Waals surface area contributed by atoms with E-state index in [1.807, 2.05) is 30.5 Å². The second-order valence-corrected chi connectivity index (χ2v) is 8.42. The predicted octanol–water partition coefficient (Wildman–Crippen LogP) is 3.25. The molecule has 1 aliphatic carbocycles. The summed E-state index contributed by atoms with van der Waals surface area (Å²) in [6.45, 7) is 0.299. The second-order valence-electron chi connectivity index (χ2n) is 8.42. The molecular formula is C23H30N4O3. The number of urea groups is 1. The highest BCUT2D eigenvalue weighted by atomic mass is 16.2. The van der Waals surface area contributed by atoms with Gasteiger partial charge in [0.15, 0.2) is 0 Å². The Balaban J connectivity index is 1.30. The van der Waals surface area contributed by atoms with Crippen LogP contribution in [0.25, 0.3) is 10.9 Å². The van der Waals surface area contributed by atoms with Crippen molar-refractivity contribution in [1.82, 2.24) is 20.5 Å². The molecule has 2 fully saturated rings. The third-order valence-electron chi connectivity index (χ3n) is 6.25. The van der Waals surface area contributed by atoms with Crippen LogP contribution in [-0.4, -0.2) is 46.4 Å². The minimum atomic E-state index is -0.769. The van der Waals surface area contributed by atoms with Gasteiger partial charge in [-0.25, -0.2) is 4.79 Å². The number of nitrogens with zero attached hydrogens (tertiary/aromatic N) is 1. The van der Waals surface area contributed by atoms with Gasteiger partial charge in [-0.15, -0.1) is 0 Å². The molecule has 4 rings (SSSR count). The Morgan fingerprint density at radius 3 is 2.60 bits per heavy atom. The predicted molar refractivity (Wildman–Crippen MR) is 115 cm³/mol. The molecule has 3 N–H and O–H groups in total. The lowest BCUT2D eigenvalue weighted by atomic mass is 9.96. The number of aromatic amines is 1. The summed E-state index contributed by atoms with van der Waals surface area (Å²) in [5, 5.41) is 6.85. The van der Waals surface area contributed by atoms with E-state index < -0.39 is 12.1 Å². The Morgan fingerprint density at radius 2 is 1.80 bits per heavy atom. The van der Waals surface area contributed by atoms with E-state index in [0.717, 1.165) is 42.1 Å². The average Bonchev–Trinajstić information content (AvgIpc) is 3.23. The monoisotopic (exact) mass is 410 g/mol. The topological polar surface area (TPSA) is 94.3 Å². The highest BCUT2D eigenvalue weighted by Gasteiger charge is 2.39. The molecule has 2 heterocycles. The van der Waals surface area contributed by atoms with Gasteiger partial charge in [0.25, 0.3) is 5.91 Å². The molecule has 0 unspecified atom stereocenters. The summed E-state index contributed by atoms with van der Waals surface area (Å²) in [6.07, 6.45) is 10.5. The van der Waals surface area contributed by atoms with Crippen molar-refractivity contribution in [2.45, 2.75) is 69.9 Å². The third kappa shape index (κ3) is 4.66. The van der Waals surface area contributed by atoms with Crippen LogP contribution in [0.2, 0.25) is 0 Å². The Hall–Kier alpha value is -2.83. The number of carbonyl (C=O) groups is 3. The molecule has 1 aromatic carbocycles. The van der Waals surface area contributed by atoms with Gasteiger partial charge in [0.1, 0.15) is 6.04 Å². The van der Waals surface area contributed by atoms with Crippen molar-refractivity contribution < 1.29 is 14.4 Å². The van der Waals surface area contributed by atoms with Crippen LogP contribution >= 0.6 is 0 Å². The molecule has 1 aromatic heterocycles. The molecule has 0 spiro atoms. The van der Waals surface area contributed by atoms with Crippen LogP contribution in [0, 0.1) is 0 Å². The summed E-state index contributed by atoms with van der Waals surface area (Å²) in [7, 11) is 0. The number of nitrogens with one attached hydrogen (secondary N) is 3. The molecule has 2 aromatic rings. The third-order valence-corrected chi connectivity index (χ3v) is 6.25. The number of benzene rings is 1. The van der Waals surface area contributed by atoms with Gasteiger partial charge >= 0.3 is 6.03 Å². The number of hydrogen-bond acceptors (Lipinski definition) is 3. The van der Waals surface area contributed by atoms with Gasteiger partial charge in [-0.3, -0.25) is 14.5 Å². The summed E-state index contributed by atoms with van der Waals surface area (Å²) in [6, 6.07) is 6.96. The van der Waals surface area contributed by atoms with Gasteiger partial charge in [-0.1, -0.05) is 50.3 Å². The molecular weight excluding hydrogens is 380 g/mol. The lowest BCUT2D eigenvalue weighted by Crippen LogP contribution is -2.41. The maximum atomic E-state index is 12.7. The number of fused-ring (bicyclic) bond motifs is 1. The van der Waals surface area contributed by atoms with E-state index in [4.69, 9.17) is 0 Å². The standard InChI is InChI=1S/C23H30N4O3/c28-21(25-17-8-4-2-1-3-5-9-17)14-20-22(29)27(23(30)26-20)13-12-16-15-24-19-11-7-6-10-18(16)19/h6-7,10-11,15,17,20,24H,1-5,8-9,12-14H2,(H,25,28)(H,26,30)/t20-/m0/s1. The smallest absolute Gasteiger partial charge is 0.324 e. The molecule has 1 aliphatic heterocycles. The number of rotatable bonds is 6. The summed E-state index contributed by atoms with van der Waals surface area (Å²) in [5.41, 5.74) is 2.10. The van der Waals surface area contributed by atoms with Gasteiger partial charge in [-0.2, -0.15) is 0 Å². The molecule has 0 bridgehead atoms. The highest BCUT2D eigenvalue weighted by molar-refractivity contribution is 6.05. The normalized spacial score (nSPS) is 20.8. The molecule has 1 saturated heterocycles. The van der Waals surface area contributed by atoms with E-state index in [0.29, 0.717) is 13.0 Å². The Bertz CT molecular complexity index is 914. The number of amides is 4. The number of imide groups is 1. The van der Waals surface area contributed by atoms with E-state index in [1.165, 1.54) is 24.2 Å². The van der Waals surface area contributed by atoms with Crippen molar-refractivity contribution in [3.63, 3.8) is 0 Å². The van der Waals surface area contributed by atoms with E-state index in [1.54, 1.807) is 0 Å². The van der Waals surface area contributed by atoms with Crippen molar-refractivity contribution in [3.05, 3.63) is 36.0 Å².